The number of amides is 3. The lowest BCUT2D eigenvalue weighted by Gasteiger charge is -2.25. The number of pyridine rings is 1. The van der Waals surface area contributed by atoms with Crippen LogP contribution in [0.3, 0.4) is 0 Å². The van der Waals surface area contributed by atoms with Crippen LogP contribution in [0.5, 0.6) is 5.75 Å². The van der Waals surface area contributed by atoms with Gasteiger partial charge in [0.15, 0.2) is 0 Å². The van der Waals surface area contributed by atoms with Crippen LogP contribution in [0.25, 0.3) is 0 Å². The van der Waals surface area contributed by atoms with Gasteiger partial charge in [-0.25, -0.2) is 17.9 Å². The third kappa shape index (κ3) is 6.10. The minimum absolute atomic E-state index is 0.0203. The molecule has 3 rings (SSSR count). The SMILES string of the molecule is COc1ccc(N(C)C(=O)[C@H](Cc2ccccn2)NC(=O)NS(=O)(=O)c2ccccc2C)cc1. The summed E-state index contributed by atoms with van der Waals surface area (Å²) >= 11 is 0. The van der Waals surface area contributed by atoms with E-state index in [1.165, 1.54) is 11.0 Å². The molecule has 0 saturated heterocycles. The fraction of sp³-hybridized carbons (Fsp3) is 0.208. The van der Waals surface area contributed by atoms with Crippen LogP contribution < -0.4 is 19.7 Å². The van der Waals surface area contributed by atoms with Gasteiger partial charge in [0, 0.05) is 31.0 Å². The number of likely N-dealkylation sites (N-methyl/N-ethyl adjacent to an activating group) is 1. The first-order chi connectivity index (χ1) is 16.2. The van der Waals surface area contributed by atoms with Crippen LogP contribution in [0, 0.1) is 6.92 Å². The Hall–Kier alpha value is -3.92. The van der Waals surface area contributed by atoms with Gasteiger partial charge in [0.25, 0.3) is 10.0 Å². The van der Waals surface area contributed by atoms with Crippen LogP contribution in [0.15, 0.2) is 77.8 Å². The zero-order valence-corrected chi connectivity index (χ0v) is 19.9. The Kier molecular flexibility index (Phi) is 7.85. The summed E-state index contributed by atoms with van der Waals surface area (Å²) in [7, 11) is -1.02. The van der Waals surface area contributed by atoms with Crippen molar-refractivity contribution in [2.75, 3.05) is 19.1 Å². The lowest BCUT2D eigenvalue weighted by molar-refractivity contribution is -0.120. The van der Waals surface area contributed by atoms with Gasteiger partial charge in [0.1, 0.15) is 11.8 Å². The molecule has 2 N–H and O–H groups in total. The predicted molar refractivity (Wildman–Crippen MR) is 128 cm³/mol. The van der Waals surface area contributed by atoms with E-state index >= 15 is 0 Å². The van der Waals surface area contributed by atoms with Crippen LogP contribution in [0.1, 0.15) is 11.3 Å². The van der Waals surface area contributed by atoms with Gasteiger partial charge in [0.2, 0.25) is 5.91 Å². The van der Waals surface area contributed by atoms with Gasteiger partial charge in [-0.15, -0.1) is 0 Å². The molecule has 0 spiro atoms. The number of carbonyl (C=O) groups is 2. The Morgan fingerprint density at radius 3 is 2.32 bits per heavy atom. The molecule has 9 nitrogen and oxygen atoms in total. The molecular formula is C24H26N4O5S. The molecule has 2 aromatic carbocycles. The summed E-state index contributed by atoms with van der Waals surface area (Å²) < 4.78 is 32.5. The Morgan fingerprint density at radius 2 is 1.71 bits per heavy atom. The summed E-state index contributed by atoms with van der Waals surface area (Å²) in [5.74, 6) is 0.188. The van der Waals surface area contributed by atoms with Crippen molar-refractivity contribution in [3.05, 3.63) is 84.2 Å². The van der Waals surface area contributed by atoms with Crippen molar-refractivity contribution in [2.24, 2.45) is 0 Å². The summed E-state index contributed by atoms with van der Waals surface area (Å²) in [6.45, 7) is 1.63. The zero-order chi connectivity index (χ0) is 24.7. The highest BCUT2D eigenvalue weighted by Gasteiger charge is 2.28. The second-order valence-electron chi connectivity index (χ2n) is 7.52. The van der Waals surface area contributed by atoms with Crippen LogP contribution in [0.2, 0.25) is 0 Å². The Labute approximate surface area is 198 Å². The molecule has 1 atom stereocenters. The highest BCUT2D eigenvalue weighted by Crippen LogP contribution is 2.19. The molecule has 34 heavy (non-hydrogen) atoms. The van der Waals surface area contributed by atoms with E-state index in [-0.39, 0.29) is 11.3 Å². The highest BCUT2D eigenvalue weighted by molar-refractivity contribution is 7.90. The molecule has 1 aromatic heterocycles. The molecular weight excluding hydrogens is 456 g/mol. The number of rotatable bonds is 8. The van der Waals surface area contributed by atoms with E-state index in [2.05, 4.69) is 10.3 Å². The van der Waals surface area contributed by atoms with Crippen LogP contribution in [-0.4, -0.2) is 45.5 Å². The molecule has 0 aliphatic carbocycles. The van der Waals surface area contributed by atoms with E-state index in [0.717, 1.165) is 0 Å². The number of aromatic nitrogens is 1. The van der Waals surface area contributed by atoms with E-state index < -0.39 is 28.0 Å². The van der Waals surface area contributed by atoms with E-state index in [1.54, 1.807) is 87.9 Å². The van der Waals surface area contributed by atoms with Crippen molar-refractivity contribution in [3.63, 3.8) is 0 Å². The largest absolute Gasteiger partial charge is 0.497 e. The van der Waals surface area contributed by atoms with Crippen molar-refractivity contribution < 1.29 is 22.7 Å². The minimum atomic E-state index is -4.13. The zero-order valence-electron chi connectivity index (χ0n) is 19.1. The van der Waals surface area contributed by atoms with E-state index in [0.29, 0.717) is 22.7 Å². The van der Waals surface area contributed by atoms with Crippen molar-refractivity contribution in [3.8, 4) is 5.75 Å². The number of sulfonamides is 1. The average molecular weight is 483 g/mol. The standard InChI is InChI=1S/C24H26N4O5S/c1-17-8-4-5-10-22(17)34(31,32)27-24(30)26-21(16-18-9-6-7-15-25-18)23(29)28(2)19-11-13-20(33-3)14-12-19/h4-15,21H,16H2,1-3H3,(H2,26,27,30)/t21-/m0/s1. The monoisotopic (exact) mass is 482 g/mol. The quantitative estimate of drug-likeness (QED) is 0.510. The molecule has 0 radical (unpaired) electrons. The Bertz CT molecular complexity index is 1250. The van der Waals surface area contributed by atoms with Gasteiger partial charge in [-0.05, 0) is 55.0 Å². The van der Waals surface area contributed by atoms with Crippen LogP contribution >= 0.6 is 0 Å². The summed E-state index contributed by atoms with van der Waals surface area (Å²) in [6.07, 6.45) is 1.64. The number of carbonyl (C=O) groups excluding carboxylic acids is 2. The lowest BCUT2D eigenvalue weighted by atomic mass is 10.1. The molecule has 0 unspecified atom stereocenters. The van der Waals surface area contributed by atoms with E-state index in [4.69, 9.17) is 4.74 Å². The number of aryl methyl sites for hydroxylation is 1. The number of nitrogens with one attached hydrogen (secondary N) is 2. The first kappa shape index (κ1) is 24.7. The number of nitrogens with zero attached hydrogens (tertiary/aromatic N) is 2. The van der Waals surface area contributed by atoms with Gasteiger partial charge in [-0.3, -0.25) is 9.78 Å². The molecule has 3 aromatic rings. The van der Waals surface area contributed by atoms with Crippen LogP contribution in [0.4, 0.5) is 10.5 Å². The third-order valence-corrected chi connectivity index (χ3v) is 6.63. The summed E-state index contributed by atoms with van der Waals surface area (Å²) in [5, 5.41) is 2.50. The first-order valence-electron chi connectivity index (χ1n) is 10.4. The number of hydrogen-bond acceptors (Lipinski definition) is 6. The summed E-state index contributed by atoms with van der Waals surface area (Å²) in [4.78, 5) is 31.6. The number of anilines is 1. The highest BCUT2D eigenvalue weighted by atomic mass is 32.2. The maximum absolute atomic E-state index is 13.3. The number of hydrogen-bond donors (Lipinski definition) is 2. The normalized spacial score (nSPS) is 11.9. The van der Waals surface area contributed by atoms with Crippen LogP contribution in [-0.2, 0) is 21.2 Å². The topological polar surface area (TPSA) is 118 Å². The Balaban J connectivity index is 1.81. The second kappa shape index (κ2) is 10.8. The van der Waals surface area contributed by atoms with E-state index in [9.17, 15) is 18.0 Å². The molecule has 178 valence electrons. The van der Waals surface area contributed by atoms with Gasteiger partial charge >= 0.3 is 6.03 Å². The number of urea groups is 1. The van der Waals surface area contributed by atoms with Crippen molar-refractivity contribution in [1.82, 2.24) is 15.0 Å². The molecule has 3 amide bonds. The second-order valence-corrected chi connectivity index (χ2v) is 9.17. The summed E-state index contributed by atoms with van der Waals surface area (Å²) in [6, 6.07) is 16.3. The molecule has 1 heterocycles. The molecule has 0 aliphatic heterocycles. The van der Waals surface area contributed by atoms with E-state index in [1.807, 2.05) is 4.72 Å². The maximum atomic E-state index is 13.3. The molecule has 0 aliphatic rings. The third-order valence-electron chi connectivity index (χ3n) is 5.14. The number of methoxy groups -OCH3 is 1. The van der Waals surface area contributed by atoms with Gasteiger partial charge in [-0.1, -0.05) is 24.3 Å². The van der Waals surface area contributed by atoms with Crippen molar-refractivity contribution in [1.29, 1.82) is 0 Å². The fourth-order valence-electron chi connectivity index (χ4n) is 3.32. The number of benzene rings is 2. The Morgan fingerprint density at radius 1 is 1.03 bits per heavy atom. The minimum Gasteiger partial charge on any atom is -0.497 e. The van der Waals surface area contributed by atoms with Crippen molar-refractivity contribution in [2.45, 2.75) is 24.3 Å². The van der Waals surface area contributed by atoms with Gasteiger partial charge in [0.05, 0.1) is 12.0 Å². The summed E-state index contributed by atoms with van der Waals surface area (Å²) in [5.41, 5.74) is 1.63. The molecule has 0 saturated carbocycles. The lowest BCUT2D eigenvalue weighted by Crippen LogP contribution is -2.52. The predicted octanol–water partition coefficient (Wildman–Crippen LogP) is 2.66. The average Bonchev–Trinajstić information content (AvgIpc) is 2.83. The smallest absolute Gasteiger partial charge is 0.329 e. The van der Waals surface area contributed by atoms with Crippen molar-refractivity contribution >= 4 is 27.6 Å². The van der Waals surface area contributed by atoms with Gasteiger partial charge < -0.3 is 15.0 Å². The molecule has 0 fully saturated rings. The molecule has 0 bridgehead atoms. The maximum Gasteiger partial charge on any atom is 0.329 e. The molecule has 10 heteroatoms. The van der Waals surface area contributed by atoms with Gasteiger partial charge in [-0.2, -0.15) is 0 Å². The fourth-order valence-corrected chi connectivity index (χ4v) is 4.48. The number of ether oxygens (including phenoxy) is 1. The first-order valence-corrected chi connectivity index (χ1v) is 11.9.